The smallest absolute Gasteiger partial charge is 0.233 e. The van der Waals surface area contributed by atoms with Crippen LogP contribution in [0.5, 0.6) is 0 Å². The van der Waals surface area contributed by atoms with E-state index in [4.69, 9.17) is 0 Å². The van der Waals surface area contributed by atoms with Crippen molar-refractivity contribution in [2.75, 3.05) is 23.8 Å². The molecular weight excluding hydrogens is 453 g/mol. The lowest BCUT2D eigenvalue weighted by Gasteiger charge is -2.26. The van der Waals surface area contributed by atoms with Gasteiger partial charge in [0.1, 0.15) is 5.82 Å². The predicted molar refractivity (Wildman–Crippen MR) is 120 cm³/mol. The Balaban J connectivity index is 1.59. The van der Waals surface area contributed by atoms with Gasteiger partial charge < -0.3 is 4.90 Å². The number of pyridine rings is 1. The SMILES string of the molecule is CCN(C(=O)CSc1nnc(-c2ccncc2)n1-c1ccc(F)cc1)C1CCS(=O)(=O)C1. The van der Waals surface area contributed by atoms with Crippen LogP contribution < -0.4 is 0 Å². The zero-order valence-corrected chi connectivity index (χ0v) is 19.0. The highest BCUT2D eigenvalue weighted by molar-refractivity contribution is 7.99. The summed E-state index contributed by atoms with van der Waals surface area (Å²) in [6.45, 7) is 2.28. The minimum Gasteiger partial charge on any atom is -0.338 e. The second-order valence-corrected chi connectivity index (χ2v) is 10.6. The van der Waals surface area contributed by atoms with Gasteiger partial charge >= 0.3 is 0 Å². The van der Waals surface area contributed by atoms with Crippen LogP contribution in [-0.4, -0.2) is 68.8 Å². The van der Waals surface area contributed by atoms with Crippen LogP contribution in [0.1, 0.15) is 13.3 Å². The van der Waals surface area contributed by atoms with Crippen molar-refractivity contribution in [1.29, 1.82) is 0 Å². The van der Waals surface area contributed by atoms with E-state index < -0.39 is 9.84 Å². The average Bonchev–Trinajstić information content (AvgIpc) is 3.37. The number of benzene rings is 1. The average molecular weight is 476 g/mol. The van der Waals surface area contributed by atoms with Crippen LogP contribution in [0.2, 0.25) is 0 Å². The molecule has 0 saturated carbocycles. The van der Waals surface area contributed by atoms with Crippen LogP contribution in [0.25, 0.3) is 17.1 Å². The van der Waals surface area contributed by atoms with Crippen LogP contribution in [-0.2, 0) is 14.6 Å². The van der Waals surface area contributed by atoms with E-state index in [0.717, 1.165) is 5.56 Å². The number of hydrogen-bond acceptors (Lipinski definition) is 7. The first-order chi connectivity index (χ1) is 15.4. The van der Waals surface area contributed by atoms with Gasteiger partial charge in [0.15, 0.2) is 20.8 Å². The van der Waals surface area contributed by atoms with Gasteiger partial charge in [-0.1, -0.05) is 11.8 Å². The Kier molecular flexibility index (Phi) is 6.56. The highest BCUT2D eigenvalue weighted by Gasteiger charge is 2.34. The van der Waals surface area contributed by atoms with Crippen molar-refractivity contribution in [2.24, 2.45) is 0 Å². The topological polar surface area (TPSA) is 98.1 Å². The Morgan fingerprint density at radius 2 is 1.91 bits per heavy atom. The van der Waals surface area contributed by atoms with Crippen LogP contribution >= 0.6 is 11.8 Å². The number of thioether (sulfide) groups is 1. The van der Waals surface area contributed by atoms with Gasteiger partial charge in [0, 0.05) is 36.2 Å². The van der Waals surface area contributed by atoms with Crippen molar-refractivity contribution >= 4 is 27.5 Å². The quantitative estimate of drug-likeness (QED) is 0.485. The minimum atomic E-state index is -3.09. The standard InChI is InChI=1S/C21H22FN5O3S2/c1-2-26(18-9-12-32(29,30)14-18)19(28)13-31-21-25-24-20(15-7-10-23-11-8-15)27(21)17-5-3-16(22)4-6-17/h3-8,10-11,18H,2,9,12-14H2,1H3. The molecular formula is C21H22FN5O3S2. The van der Waals surface area contributed by atoms with Gasteiger partial charge in [-0.15, -0.1) is 10.2 Å². The molecule has 1 atom stereocenters. The fourth-order valence-electron chi connectivity index (χ4n) is 3.74. The van der Waals surface area contributed by atoms with Gasteiger partial charge in [-0.2, -0.15) is 0 Å². The lowest BCUT2D eigenvalue weighted by Crippen LogP contribution is -2.42. The number of carbonyl (C=O) groups is 1. The molecule has 0 spiro atoms. The monoisotopic (exact) mass is 475 g/mol. The molecule has 1 aliphatic rings. The van der Waals surface area contributed by atoms with E-state index in [2.05, 4.69) is 15.2 Å². The molecule has 1 fully saturated rings. The summed E-state index contributed by atoms with van der Waals surface area (Å²) >= 11 is 1.21. The Morgan fingerprint density at radius 3 is 2.53 bits per heavy atom. The molecule has 1 amide bonds. The zero-order valence-electron chi connectivity index (χ0n) is 17.4. The van der Waals surface area contributed by atoms with E-state index in [9.17, 15) is 17.6 Å². The van der Waals surface area contributed by atoms with Crippen LogP contribution in [0.15, 0.2) is 53.9 Å². The Hall–Kier alpha value is -2.79. The molecule has 4 rings (SSSR count). The number of amides is 1. The summed E-state index contributed by atoms with van der Waals surface area (Å²) in [5.74, 6) is 0.238. The van der Waals surface area contributed by atoms with Crippen LogP contribution in [0, 0.1) is 5.82 Å². The van der Waals surface area contributed by atoms with Crippen molar-refractivity contribution in [3.05, 3.63) is 54.6 Å². The molecule has 11 heteroatoms. The molecule has 0 radical (unpaired) electrons. The minimum absolute atomic E-state index is 0.00913. The molecule has 1 saturated heterocycles. The fourth-order valence-corrected chi connectivity index (χ4v) is 6.31. The third kappa shape index (κ3) is 4.83. The first-order valence-electron chi connectivity index (χ1n) is 10.1. The molecule has 168 valence electrons. The number of hydrogen-bond donors (Lipinski definition) is 0. The molecule has 0 aliphatic carbocycles. The third-order valence-electron chi connectivity index (χ3n) is 5.29. The van der Waals surface area contributed by atoms with E-state index in [-0.39, 0.29) is 35.0 Å². The second kappa shape index (κ2) is 9.37. The van der Waals surface area contributed by atoms with Gasteiger partial charge in [-0.05, 0) is 49.7 Å². The highest BCUT2D eigenvalue weighted by Crippen LogP contribution is 2.28. The maximum atomic E-state index is 13.5. The molecule has 1 aromatic carbocycles. The van der Waals surface area contributed by atoms with Crippen molar-refractivity contribution < 1.29 is 17.6 Å². The third-order valence-corrected chi connectivity index (χ3v) is 7.96. The van der Waals surface area contributed by atoms with E-state index in [1.54, 1.807) is 46.1 Å². The van der Waals surface area contributed by atoms with E-state index in [0.29, 0.717) is 29.6 Å². The molecule has 0 bridgehead atoms. The first kappa shape index (κ1) is 22.4. The molecule has 1 aliphatic heterocycles. The fraction of sp³-hybridized carbons (Fsp3) is 0.333. The second-order valence-electron chi connectivity index (χ2n) is 7.38. The van der Waals surface area contributed by atoms with Crippen molar-refractivity contribution in [3.8, 4) is 17.1 Å². The van der Waals surface area contributed by atoms with Crippen molar-refractivity contribution in [3.63, 3.8) is 0 Å². The van der Waals surface area contributed by atoms with Gasteiger partial charge in [0.05, 0.1) is 17.3 Å². The Morgan fingerprint density at radius 1 is 1.19 bits per heavy atom. The molecule has 2 aromatic heterocycles. The van der Waals surface area contributed by atoms with Gasteiger partial charge in [-0.3, -0.25) is 14.3 Å². The largest absolute Gasteiger partial charge is 0.338 e. The highest BCUT2D eigenvalue weighted by atomic mass is 32.2. The Bertz CT molecular complexity index is 1200. The summed E-state index contributed by atoms with van der Waals surface area (Å²) in [7, 11) is -3.09. The number of halogens is 1. The van der Waals surface area contributed by atoms with Gasteiger partial charge in [0.25, 0.3) is 0 Å². The van der Waals surface area contributed by atoms with Crippen molar-refractivity contribution in [2.45, 2.75) is 24.5 Å². The maximum Gasteiger partial charge on any atom is 0.233 e. The lowest BCUT2D eigenvalue weighted by molar-refractivity contribution is -0.129. The summed E-state index contributed by atoms with van der Waals surface area (Å²) in [6, 6.07) is 9.25. The predicted octanol–water partition coefficient (Wildman–Crippen LogP) is 2.60. The summed E-state index contributed by atoms with van der Waals surface area (Å²) < 4.78 is 38.9. The maximum absolute atomic E-state index is 13.5. The van der Waals surface area contributed by atoms with Crippen LogP contribution in [0.4, 0.5) is 4.39 Å². The molecule has 3 heterocycles. The molecule has 0 N–H and O–H groups in total. The van der Waals surface area contributed by atoms with Crippen LogP contribution in [0.3, 0.4) is 0 Å². The number of sulfone groups is 1. The van der Waals surface area contributed by atoms with E-state index in [1.165, 1.54) is 23.9 Å². The summed E-state index contributed by atoms with van der Waals surface area (Å²) in [5.41, 5.74) is 1.44. The normalized spacial score (nSPS) is 17.4. The first-order valence-corrected chi connectivity index (χ1v) is 12.9. The van der Waals surface area contributed by atoms with E-state index >= 15 is 0 Å². The lowest BCUT2D eigenvalue weighted by atomic mass is 10.2. The van der Waals surface area contributed by atoms with Gasteiger partial charge in [0.2, 0.25) is 5.91 Å². The number of nitrogens with zero attached hydrogens (tertiary/aromatic N) is 5. The van der Waals surface area contributed by atoms with Gasteiger partial charge in [-0.25, -0.2) is 12.8 Å². The summed E-state index contributed by atoms with van der Waals surface area (Å²) in [6.07, 6.45) is 3.75. The zero-order chi connectivity index (χ0) is 22.7. The molecule has 3 aromatic rings. The molecule has 1 unspecified atom stereocenters. The van der Waals surface area contributed by atoms with E-state index in [1.807, 2.05) is 6.92 Å². The van der Waals surface area contributed by atoms with Crippen molar-refractivity contribution in [1.82, 2.24) is 24.6 Å². The number of carbonyl (C=O) groups excluding carboxylic acids is 1. The molecule has 8 nitrogen and oxygen atoms in total. The molecule has 32 heavy (non-hydrogen) atoms. The number of aromatic nitrogens is 4. The number of rotatable bonds is 7. The summed E-state index contributed by atoms with van der Waals surface area (Å²) in [4.78, 5) is 18.6. The Labute approximate surface area is 189 Å². The summed E-state index contributed by atoms with van der Waals surface area (Å²) in [5, 5.41) is 9.03.